The van der Waals surface area contributed by atoms with E-state index in [-0.39, 0.29) is 10.9 Å². The molecule has 0 aromatic heterocycles. The normalized spacial score (nSPS) is 16.4. The summed E-state index contributed by atoms with van der Waals surface area (Å²) in [6, 6.07) is 6.56. The molecule has 2 rings (SSSR count). The maximum Gasteiger partial charge on any atom is 0.244 e. The second kappa shape index (κ2) is 4.58. The zero-order valence-corrected chi connectivity index (χ0v) is 11.6. The molecule has 0 N–H and O–H groups in total. The Balaban J connectivity index is 2.47. The number of benzene rings is 1. The molecule has 1 aromatic carbocycles. The lowest BCUT2D eigenvalue weighted by Gasteiger charge is -2.32. The molecule has 0 heterocycles. The molecule has 0 unspecified atom stereocenters. The van der Waals surface area contributed by atoms with E-state index in [4.69, 9.17) is 0 Å². The molecule has 6 heteroatoms. The van der Waals surface area contributed by atoms with Gasteiger partial charge in [-0.05, 0) is 51.0 Å². The van der Waals surface area contributed by atoms with E-state index >= 15 is 0 Å². The van der Waals surface area contributed by atoms with Gasteiger partial charge in [0.05, 0.1) is 11.0 Å². The molecule has 0 bridgehead atoms. The minimum absolute atomic E-state index is 0.0177. The number of hydrogen-bond donors (Lipinski definition) is 0. The van der Waals surface area contributed by atoms with E-state index in [9.17, 15) is 18.1 Å². The summed E-state index contributed by atoms with van der Waals surface area (Å²) in [7, 11) is -3.78. The highest BCUT2D eigenvalue weighted by Gasteiger charge is 2.46. The van der Waals surface area contributed by atoms with Crippen molar-refractivity contribution in [3.8, 4) is 6.07 Å². The Morgan fingerprint density at radius 2 is 1.84 bits per heavy atom. The third-order valence-corrected chi connectivity index (χ3v) is 5.21. The van der Waals surface area contributed by atoms with E-state index < -0.39 is 21.4 Å². The van der Waals surface area contributed by atoms with Gasteiger partial charge >= 0.3 is 0 Å². The molecule has 1 aromatic rings. The minimum atomic E-state index is -3.78. The maximum absolute atomic E-state index is 12.9. The van der Waals surface area contributed by atoms with Crippen molar-refractivity contribution in [1.29, 1.82) is 5.26 Å². The van der Waals surface area contributed by atoms with Crippen LogP contribution in [0, 0.1) is 17.1 Å². The summed E-state index contributed by atoms with van der Waals surface area (Å²) in [4.78, 5) is 0.0177. The molecule has 1 aliphatic carbocycles. The number of nitrogens with zero attached hydrogens (tertiary/aromatic N) is 2. The summed E-state index contributed by atoms with van der Waals surface area (Å²) < 4.78 is 39.3. The summed E-state index contributed by atoms with van der Waals surface area (Å²) in [5.74, 6) is -0.489. The van der Waals surface area contributed by atoms with Gasteiger partial charge in [-0.2, -0.15) is 9.57 Å². The monoisotopic (exact) mass is 282 g/mol. The molecule has 0 amide bonds. The van der Waals surface area contributed by atoms with E-state index in [1.54, 1.807) is 13.8 Å². The van der Waals surface area contributed by atoms with Gasteiger partial charge in [-0.25, -0.2) is 12.8 Å². The first kappa shape index (κ1) is 14.0. The van der Waals surface area contributed by atoms with Crippen LogP contribution in [-0.4, -0.2) is 24.3 Å². The largest absolute Gasteiger partial charge is 0.244 e. The molecule has 0 saturated heterocycles. The van der Waals surface area contributed by atoms with Crippen molar-refractivity contribution < 1.29 is 12.8 Å². The zero-order chi connectivity index (χ0) is 14.3. The van der Waals surface area contributed by atoms with E-state index in [0.29, 0.717) is 0 Å². The van der Waals surface area contributed by atoms with Gasteiger partial charge < -0.3 is 0 Å². The van der Waals surface area contributed by atoms with Crippen molar-refractivity contribution >= 4 is 10.0 Å². The quantitative estimate of drug-likeness (QED) is 0.851. The minimum Gasteiger partial charge on any atom is -0.207 e. The van der Waals surface area contributed by atoms with Gasteiger partial charge in [0.1, 0.15) is 11.4 Å². The van der Waals surface area contributed by atoms with E-state index in [1.807, 2.05) is 6.07 Å². The lowest BCUT2D eigenvalue weighted by atomic mass is 10.1. The number of halogens is 1. The van der Waals surface area contributed by atoms with Crippen molar-refractivity contribution in [2.24, 2.45) is 0 Å². The Hall–Kier alpha value is -1.45. The highest BCUT2D eigenvalue weighted by Crippen LogP contribution is 2.37. The van der Waals surface area contributed by atoms with E-state index in [2.05, 4.69) is 0 Å². The highest BCUT2D eigenvalue weighted by molar-refractivity contribution is 7.89. The van der Waals surface area contributed by atoms with Crippen LogP contribution < -0.4 is 0 Å². The topological polar surface area (TPSA) is 61.2 Å². The number of rotatable bonds is 4. The molecular formula is C13H15FN2O2S. The second-order valence-corrected chi connectivity index (χ2v) is 6.97. The summed E-state index contributed by atoms with van der Waals surface area (Å²) in [6.07, 6.45) is 1.51. The van der Waals surface area contributed by atoms with Crippen LogP contribution in [0.2, 0.25) is 0 Å². The summed E-state index contributed by atoms with van der Waals surface area (Å²) in [5, 5.41) is 9.18. The van der Waals surface area contributed by atoms with Gasteiger partial charge in [0.2, 0.25) is 10.0 Å². The van der Waals surface area contributed by atoms with Crippen LogP contribution in [0.1, 0.15) is 26.7 Å². The fraction of sp³-hybridized carbons (Fsp3) is 0.462. The summed E-state index contributed by atoms with van der Waals surface area (Å²) in [6.45, 7) is 3.15. The van der Waals surface area contributed by atoms with Crippen LogP contribution in [0.5, 0.6) is 0 Å². The first-order valence-electron chi connectivity index (χ1n) is 6.00. The Labute approximate surface area is 112 Å². The van der Waals surface area contributed by atoms with Crippen molar-refractivity contribution in [1.82, 2.24) is 4.31 Å². The first-order valence-corrected chi connectivity index (χ1v) is 7.44. The van der Waals surface area contributed by atoms with Crippen LogP contribution in [0.3, 0.4) is 0 Å². The van der Waals surface area contributed by atoms with Crippen LogP contribution in [0.4, 0.5) is 4.39 Å². The first-order chi connectivity index (χ1) is 8.79. The molecular weight excluding hydrogens is 267 g/mol. The van der Waals surface area contributed by atoms with Crippen LogP contribution in [-0.2, 0) is 10.0 Å². The fourth-order valence-electron chi connectivity index (χ4n) is 2.03. The molecule has 0 radical (unpaired) electrons. The molecule has 4 nitrogen and oxygen atoms in total. The van der Waals surface area contributed by atoms with Gasteiger partial charge in [0, 0.05) is 6.04 Å². The Morgan fingerprint density at radius 1 is 1.32 bits per heavy atom. The van der Waals surface area contributed by atoms with Crippen LogP contribution in [0.25, 0.3) is 0 Å². The SMILES string of the molecule is CC(C)(C#N)N(C1CC1)S(=O)(=O)c1ccc(F)cc1. The van der Waals surface area contributed by atoms with Crippen molar-refractivity contribution in [3.63, 3.8) is 0 Å². The molecule has 0 spiro atoms. The molecule has 0 atom stereocenters. The van der Waals surface area contributed by atoms with Gasteiger partial charge in [0.25, 0.3) is 0 Å². The van der Waals surface area contributed by atoms with Crippen LogP contribution in [0.15, 0.2) is 29.2 Å². The predicted molar refractivity (Wildman–Crippen MR) is 68.1 cm³/mol. The number of hydrogen-bond acceptors (Lipinski definition) is 3. The third-order valence-electron chi connectivity index (χ3n) is 3.07. The maximum atomic E-state index is 12.9. The van der Waals surface area contributed by atoms with Crippen LogP contribution >= 0.6 is 0 Å². The van der Waals surface area contributed by atoms with Gasteiger partial charge in [-0.1, -0.05) is 0 Å². The smallest absolute Gasteiger partial charge is 0.207 e. The molecule has 0 aliphatic heterocycles. The molecule has 102 valence electrons. The summed E-state index contributed by atoms with van der Waals surface area (Å²) in [5.41, 5.74) is -1.12. The van der Waals surface area contributed by atoms with Gasteiger partial charge in [-0.15, -0.1) is 0 Å². The Bertz CT molecular complexity index is 613. The average molecular weight is 282 g/mol. The van der Waals surface area contributed by atoms with Crippen molar-refractivity contribution in [3.05, 3.63) is 30.1 Å². The molecule has 1 aliphatic rings. The lowest BCUT2D eigenvalue weighted by molar-refractivity contribution is 0.280. The lowest BCUT2D eigenvalue weighted by Crippen LogP contribution is -2.48. The predicted octanol–water partition coefficient (Wildman–Crippen LogP) is 2.28. The van der Waals surface area contributed by atoms with Crippen molar-refractivity contribution in [2.75, 3.05) is 0 Å². The fourth-order valence-corrected chi connectivity index (χ4v) is 3.98. The standard InChI is InChI=1S/C13H15FN2O2S/c1-13(2,9-15)16(11-5-6-11)19(17,18)12-7-3-10(14)4-8-12/h3-4,7-8,11H,5-6H2,1-2H3. The van der Waals surface area contributed by atoms with Crippen molar-refractivity contribution in [2.45, 2.75) is 43.2 Å². The highest BCUT2D eigenvalue weighted by atomic mass is 32.2. The molecule has 1 saturated carbocycles. The third kappa shape index (κ3) is 2.62. The average Bonchev–Trinajstić information content (AvgIpc) is 3.13. The van der Waals surface area contributed by atoms with Gasteiger partial charge in [0.15, 0.2) is 0 Å². The number of nitriles is 1. The van der Waals surface area contributed by atoms with E-state index in [0.717, 1.165) is 25.0 Å². The zero-order valence-electron chi connectivity index (χ0n) is 10.8. The summed E-state index contributed by atoms with van der Waals surface area (Å²) >= 11 is 0. The molecule has 19 heavy (non-hydrogen) atoms. The second-order valence-electron chi connectivity index (χ2n) is 5.16. The number of sulfonamides is 1. The Morgan fingerprint density at radius 3 is 2.26 bits per heavy atom. The Kier molecular flexibility index (Phi) is 3.37. The van der Waals surface area contributed by atoms with E-state index in [1.165, 1.54) is 16.4 Å². The molecule has 1 fully saturated rings. The van der Waals surface area contributed by atoms with Gasteiger partial charge in [-0.3, -0.25) is 0 Å².